The van der Waals surface area contributed by atoms with Crippen molar-refractivity contribution in [2.45, 2.75) is 11.3 Å². The Balaban J connectivity index is 1.71. The van der Waals surface area contributed by atoms with Gasteiger partial charge in [0.1, 0.15) is 11.7 Å². The van der Waals surface area contributed by atoms with Crippen LogP contribution in [0.1, 0.15) is 11.4 Å². The molecule has 1 aliphatic rings. The van der Waals surface area contributed by atoms with E-state index in [0.29, 0.717) is 18.0 Å². The molecule has 5 nitrogen and oxygen atoms in total. The molecule has 3 aromatic rings. The lowest BCUT2D eigenvalue weighted by Crippen LogP contribution is -2.29. The molecule has 28 heavy (non-hydrogen) atoms. The number of hydrogen-bond acceptors (Lipinski definition) is 5. The van der Waals surface area contributed by atoms with Crippen LogP contribution in [0.2, 0.25) is 5.02 Å². The molecule has 2 aromatic carbocycles. The second kappa shape index (κ2) is 7.68. The molecule has 0 unspecified atom stereocenters. The molecule has 146 valence electrons. The molecule has 4 rings (SSSR count). The molecule has 0 bridgehead atoms. The normalized spacial score (nSPS) is 15.5. The largest absolute Gasteiger partial charge is 0.335 e. The maximum absolute atomic E-state index is 11.1. The summed E-state index contributed by atoms with van der Waals surface area (Å²) in [5, 5.41) is 2.74. The molecular formula is C19H18ClN2O3S3+. The van der Waals surface area contributed by atoms with Gasteiger partial charge in [-0.15, -0.1) is 0 Å². The average molecular weight is 454 g/mol. The van der Waals surface area contributed by atoms with E-state index in [9.17, 15) is 8.42 Å². The van der Waals surface area contributed by atoms with Crippen LogP contribution >= 0.6 is 34.7 Å². The van der Waals surface area contributed by atoms with Gasteiger partial charge in [0.05, 0.1) is 22.5 Å². The summed E-state index contributed by atoms with van der Waals surface area (Å²) in [6.45, 7) is 0.473. The molecule has 0 radical (unpaired) electrons. The molecule has 2 heterocycles. The number of aryl methyl sites for hydroxylation is 1. The number of anilines is 1. The number of benzene rings is 2. The maximum Gasteiger partial charge on any atom is 0.265 e. The number of hydrogen-bond donors (Lipinski definition) is 1. The van der Waals surface area contributed by atoms with E-state index in [0.717, 1.165) is 20.6 Å². The van der Waals surface area contributed by atoms with Gasteiger partial charge in [-0.05, 0) is 30.7 Å². The van der Waals surface area contributed by atoms with Gasteiger partial charge in [0, 0.05) is 22.5 Å². The number of halogens is 1. The summed E-state index contributed by atoms with van der Waals surface area (Å²) in [4.78, 5) is 3.15. The predicted molar refractivity (Wildman–Crippen MR) is 117 cm³/mol. The Morgan fingerprint density at radius 3 is 2.79 bits per heavy atom. The van der Waals surface area contributed by atoms with E-state index in [4.69, 9.17) is 16.2 Å². The van der Waals surface area contributed by atoms with Gasteiger partial charge in [-0.3, -0.25) is 4.55 Å². The third-order valence-electron chi connectivity index (χ3n) is 4.50. The van der Waals surface area contributed by atoms with Crippen LogP contribution in [-0.4, -0.2) is 25.3 Å². The number of thiazole rings is 1. The minimum Gasteiger partial charge on any atom is -0.335 e. The van der Waals surface area contributed by atoms with Crippen molar-refractivity contribution in [2.24, 2.45) is 7.05 Å². The fourth-order valence-electron chi connectivity index (χ4n) is 3.17. The number of aromatic nitrogens is 1. The molecule has 0 saturated heterocycles. The van der Waals surface area contributed by atoms with Crippen molar-refractivity contribution < 1.29 is 17.5 Å². The molecule has 0 atom stereocenters. The zero-order valence-corrected chi connectivity index (χ0v) is 18.2. The number of nitrogens with zero attached hydrogens (tertiary/aromatic N) is 2. The third kappa shape index (κ3) is 4.06. The minimum atomic E-state index is -3.98. The van der Waals surface area contributed by atoms with Gasteiger partial charge in [0.15, 0.2) is 0 Å². The van der Waals surface area contributed by atoms with Gasteiger partial charge in [-0.25, -0.2) is 0 Å². The first-order valence-electron chi connectivity index (χ1n) is 8.61. The van der Waals surface area contributed by atoms with Gasteiger partial charge in [-0.2, -0.15) is 13.0 Å². The third-order valence-corrected chi connectivity index (χ3v) is 7.81. The topological polar surface area (TPSA) is 61.5 Å². The monoisotopic (exact) mass is 453 g/mol. The molecule has 1 aromatic heterocycles. The van der Waals surface area contributed by atoms with Gasteiger partial charge >= 0.3 is 0 Å². The zero-order chi connectivity index (χ0) is 19.9. The fourth-order valence-corrected chi connectivity index (χ4v) is 6.10. The number of thioether (sulfide) groups is 1. The molecule has 0 saturated carbocycles. The Hall–Kier alpha value is -1.58. The quantitative estimate of drug-likeness (QED) is 0.453. The van der Waals surface area contributed by atoms with E-state index < -0.39 is 10.1 Å². The summed E-state index contributed by atoms with van der Waals surface area (Å²) >= 11 is 9.53. The smallest absolute Gasteiger partial charge is 0.265 e. The molecule has 0 fully saturated rings. The minimum absolute atomic E-state index is 0.270. The Bertz CT molecular complexity index is 1190. The van der Waals surface area contributed by atoms with Crippen LogP contribution in [0.4, 0.5) is 5.69 Å². The lowest BCUT2D eigenvalue weighted by molar-refractivity contribution is -0.642. The first-order chi connectivity index (χ1) is 13.3. The summed E-state index contributed by atoms with van der Waals surface area (Å²) in [6.07, 6.45) is 2.44. The van der Waals surface area contributed by atoms with Crippen LogP contribution in [0.15, 0.2) is 52.4 Å². The Kier molecular flexibility index (Phi) is 5.41. The van der Waals surface area contributed by atoms with Crippen molar-refractivity contribution in [3.8, 4) is 0 Å². The Morgan fingerprint density at radius 2 is 2.04 bits per heavy atom. The van der Waals surface area contributed by atoms with Crippen LogP contribution in [-0.2, 0) is 17.2 Å². The van der Waals surface area contributed by atoms with Crippen molar-refractivity contribution in [1.29, 1.82) is 0 Å². The van der Waals surface area contributed by atoms with Crippen LogP contribution in [0.3, 0.4) is 0 Å². The zero-order valence-electron chi connectivity index (χ0n) is 15.0. The lowest BCUT2D eigenvalue weighted by Gasteiger charge is -2.20. The predicted octanol–water partition coefficient (Wildman–Crippen LogP) is 4.57. The molecule has 0 spiro atoms. The Morgan fingerprint density at radius 1 is 1.25 bits per heavy atom. The lowest BCUT2D eigenvalue weighted by atomic mass is 10.2. The number of para-hydroxylation sites is 1. The highest BCUT2D eigenvalue weighted by atomic mass is 35.5. The van der Waals surface area contributed by atoms with Crippen molar-refractivity contribution >= 4 is 66.8 Å². The van der Waals surface area contributed by atoms with Crippen molar-refractivity contribution in [1.82, 2.24) is 0 Å². The summed E-state index contributed by atoms with van der Waals surface area (Å²) < 4.78 is 34.7. The highest BCUT2D eigenvalue weighted by molar-refractivity contribution is 8.03. The van der Waals surface area contributed by atoms with Gasteiger partial charge in [0.2, 0.25) is 5.52 Å². The summed E-state index contributed by atoms with van der Waals surface area (Å²) in [5.41, 5.74) is 2.13. The number of rotatable bonds is 5. The van der Waals surface area contributed by atoms with Crippen molar-refractivity contribution in [2.75, 3.05) is 17.2 Å². The SMILES string of the molecule is C[n+]1c(/C=C2/Sc3ccc(Cl)cc3N2CCCS(=O)(=O)O)sc2ccccc21. The molecular weight excluding hydrogens is 436 g/mol. The molecule has 9 heteroatoms. The summed E-state index contributed by atoms with van der Waals surface area (Å²) in [7, 11) is -1.94. The van der Waals surface area contributed by atoms with E-state index in [1.807, 2.05) is 37.4 Å². The highest BCUT2D eigenvalue weighted by Gasteiger charge is 2.27. The van der Waals surface area contributed by atoms with Crippen LogP contribution < -0.4 is 9.47 Å². The number of fused-ring (bicyclic) bond motifs is 2. The molecule has 1 aliphatic heterocycles. The molecule has 0 amide bonds. The fraction of sp³-hybridized carbons (Fsp3) is 0.211. The highest BCUT2D eigenvalue weighted by Crippen LogP contribution is 2.47. The van der Waals surface area contributed by atoms with Crippen molar-refractivity contribution in [3.05, 3.63) is 57.5 Å². The Labute approximate surface area is 177 Å². The summed E-state index contributed by atoms with van der Waals surface area (Å²) in [6, 6.07) is 14.0. The average Bonchev–Trinajstić information content (AvgIpc) is 3.13. The van der Waals surface area contributed by atoms with E-state index in [1.165, 1.54) is 10.2 Å². The van der Waals surface area contributed by atoms with E-state index >= 15 is 0 Å². The van der Waals surface area contributed by atoms with Gasteiger partial charge in [0.25, 0.3) is 15.1 Å². The van der Waals surface area contributed by atoms with E-state index in [2.05, 4.69) is 27.7 Å². The van der Waals surface area contributed by atoms with Gasteiger partial charge < -0.3 is 4.90 Å². The first-order valence-corrected chi connectivity index (χ1v) is 12.2. The maximum atomic E-state index is 11.1. The van der Waals surface area contributed by atoms with Crippen molar-refractivity contribution in [3.63, 3.8) is 0 Å². The van der Waals surface area contributed by atoms with Crippen LogP contribution in [0.25, 0.3) is 16.3 Å². The van der Waals surface area contributed by atoms with Gasteiger partial charge in [-0.1, -0.05) is 46.8 Å². The first kappa shape index (κ1) is 19.7. The van der Waals surface area contributed by atoms with Crippen LogP contribution in [0.5, 0.6) is 0 Å². The molecule has 0 aliphatic carbocycles. The standard InChI is InChI=1S/C19H17ClN2O3S3/c1-21-14-5-2-3-6-16(14)26-18(21)12-19-22(9-4-10-28(23,24)25)15-11-13(20)7-8-17(15)27-19/h2-3,5-8,11-12H,4,9-10H2,1H3/p+1. The van der Waals surface area contributed by atoms with Crippen LogP contribution in [0, 0.1) is 0 Å². The second-order valence-electron chi connectivity index (χ2n) is 6.45. The summed E-state index contributed by atoms with van der Waals surface area (Å²) in [5.74, 6) is -0.270. The second-order valence-corrected chi connectivity index (χ2v) is 10.6. The van der Waals surface area contributed by atoms with E-state index in [-0.39, 0.29) is 5.75 Å². The van der Waals surface area contributed by atoms with E-state index in [1.54, 1.807) is 23.1 Å². The molecule has 1 N–H and O–H groups in total.